The van der Waals surface area contributed by atoms with Crippen LogP contribution in [0.3, 0.4) is 0 Å². The van der Waals surface area contributed by atoms with E-state index in [9.17, 15) is 26.4 Å². The van der Waals surface area contributed by atoms with Crippen molar-refractivity contribution in [2.75, 3.05) is 16.8 Å². The molecule has 12 heteroatoms. The van der Waals surface area contributed by atoms with E-state index in [0.717, 1.165) is 30.4 Å². The molecule has 5 rings (SSSR count). The number of carbonyl (C=O) groups is 1. The van der Waals surface area contributed by atoms with Gasteiger partial charge in [-0.2, -0.15) is 0 Å². The Hall–Kier alpha value is -3.54. The maximum Gasteiger partial charge on any atom is 0.573 e. The average molecular weight is 591 g/mol. The Labute approximate surface area is 236 Å². The molecule has 1 saturated heterocycles. The molecule has 8 nitrogen and oxygen atoms in total. The van der Waals surface area contributed by atoms with Crippen LogP contribution in [-0.2, 0) is 9.84 Å². The van der Waals surface area contributed by atoms with Gasteiger partial charge in [0.25, 0.3) is 5.91 Å². The second kappa shape index (κ2) is 10.7. The summed E-state index contributed by atoms with van der Waals surface area (Å²) in [6, 6.07) is 10.4. The lowest BCUT2D eigenvalue weighted by Gasteiger charge is -2.38. The lowest BCUT2D eigenvalue weighted by atomic mass is 9.73. The smallest absolute Gasteiger partial charge is 0.406 e. The van der Waals surface area contributed by atoms with Gasteiger partial charge < -0.3 is 19.9 Å². The fraction of sp³-hybridized carbons (Fsp3) is 0.448. The van der Waals surface area contributed by atoms with Gasteiger partial charge in [0.05, 0.1) is 22.5 Å². The summed E-state index contributed by atoms with van der Waals surface area (Å²) in [5.41, 5.74) is 3.43. The highest BCUT2D eigenvalue weighted by Crippen LogP contribution is 2.45. The second-order valence-electron chi connectivity index (χ2n) is 11.8. The number of amides is 1. The Balaban J connectivity index is 1.47. The van der Waals surface area contributed by atoms with E-state index in [1.165, 1.54) is 24.3 Å². The molecule has 1 aliphatic carbocycles. The van der Waals surface area contributed by atoms with Crippen LogP contribution < -0.4 is 15.4 Å². The minimum absolute atomic E-state index is 0.0131. The predicted molar refractivity (Wildman–Crippen MR) is 151 cm³/mol. The van der Waals surface area contributed by atoms with Crippen molar-refractivity contribution in [3.8, 4) is 5.75 Å². The van der Waals surface area contributed by atoms with Gasteiger partial charge in [0.1, 0.15) is 15.6 Å². The molecule has 3 aromatic rings. The van der Waals surface area contributed by atoms with Gasteiger partial charge in [0.15, 0.2) is 0 Å². The summed E-state index contributed by atoms with van der Waals surface area (Å²) < 4.78 is 67.4. The number of nitrogens with zero attached hydrogens (tertiary/aromatic N) is 2. The van der Waals surface area contributed by atoms with Crippen molar-refractivity contribution in [1.82, 2.24) is 14.9 Å². The van der Waals surface area contributed by atoms with E-state index in [4.69, 9.17) is 4.98 Å². The number of ether oxygens (including phenoxy) is 1. The van der Waals surface area contributed by atoms with E-state index in [2.05, 4.69) is 35.8 Å². The largest absolute Gasteiger partial charge is 0.573 e. The summed E-state index contributed by atoms with van der Waals surface area (Å²) in [5, 5.41) is 6.21. The summed E-state index contributed by atoms with van der Waals surface area (Å²) in [5.74, 6) is 0.00242. The van der Waals surface area contributed by atoms with Crippen LogP contribution in [0.15, 0.2) is 54.6 Å². The first kappa shape index (κ1) is 29.0. The molecule has 1 saturated carbocycles. The first-order valence-electron chi connectivity index (χ1n) is 13.5. The molecular formula is C29H33F3N4O4S. The summed E-state index contributed by atoms with van der Waals surface area (Å²) >= 11 is 0. The number of alkyl halides is 3. The van der Waals surface area contributed by atoms with Crippen molar-refractivity contribution < 1.29 is 31.1 Å². The Morgan fingerprint density at radius 2 is 1.80 bits per heavy atom. The number of fused-ring (bicyclic) bond motifs is 1. The van der Waals surface area contributed by atoms with Gasteiger partial charge in [0.2, 0.25) is 5.95 Å². The topological polar surface area (TPSA) is 102 Å². The first-order valence-corrected chi connectivity index (χ1v) is 15.3. The van der Waals surface area contributed by atoms with Crippen LogP contribution in [0.4, 0.5) is 24.8 Å². The monoisotopic (exact) mass is 590 g/mol. The molecule has 2 aliphatic rings. The number of hydrogen-bond donors (Lipinski definition) is 2. The van der Waals surface area contributed by atoms with Crippen molar-refractivity contribution >= 4 is 38.4 Å². The van der Waals surface area contributed by atoms with Crippen LogP contribution >= 0.6 is 0 Å². The molecule has 1 amide bonds. The van der Waals surface area contributed by atoms with Crippen LogP contribution in [0.25, 0.3) is 11.0 Å². The SMILES string of the molecule is C=C1C[C@@H](n2c(Nc3ccc(OC(F)(F)F)cc3)nc3ccc(C(=O)NC4CCS(=O)(=O)CC4)cc32)CC(C)(C)C1. The molecule has 0 spiro atoms. The lowest BCUT2D eigenvalue weighted by Crippen LogP contribution is -2.40. The summed E-state index contributed by atoms with van der Waals surface area (Å²) in [6.07, 6.45) is -1.57. The molecule has 2 heterocycles. The molecule has 2 N–H and O–H groups in total. The van der Waals surface area contributed by atoms with E-state index in [1.807, 2.05) is 4.57 Å². The van der Waals surface area contributed by atoms with Crippen molar-refractivity contribution in [2.24, 2.45) is 5.41 Å². The van der Waals surface area contributed by atoms with Gasteiger partial charge >= 0.3 is 6.36 Å². The Morgan fingerprint density at radius 1 is 1.12 bits per heavy atom. The van der Waals surface area contributed by atoms with Gasteiger partial charge in [-0.15, -0.1) is 13.2 Å². The minimum atomic E-state index is -4.78. The van der Waals surface area contributed by atoms with Crippen molar-refractivity contribution in [3.63, 3.8) is 0 Å². The zero-order valence-corrected chi connectivity index (χ0v) is 23.7. The normalized spacial score (nSPS) is 21.0. The molecule has 41 heavy (non-hydrogen) atoms. The second-order valence-corrected chi connectivity index (χ2v) is 14.1. The predicted octanol–water partition coefficient (Wildman–Crippen LogP) is 6.29. The number of nitrogens with one attached hydrogen (secondary N) is 2. The highest BCUT2D eigenvalue weighted by atomic mass is 32.2. The molecular weight excluding hydrogens is 557 g/mol. The maximum atomic E-state index is 13.2. The number of carbonyl (C=O) groups excluding carboxylic acids is 1. The number of benzene rings is 2. The molecule has 220 valence electrons. The third-order valence-electron chi connectivity index (χ3n) is 7.59. The number of imidazole rings is 1. The molecule has 0 unspecified atom stereocenters. The van der Waals surface area contributed by atoms with E-state index in [1.54, 1.807) is 18.2 Å². The van der Waals surface area contributed by atoms with E-state index >= 15 is 0 Å². The third kappa shape index (κ3) is 7.03. The lowest BCUT2D eigenvalue weighted by molar-refractivity contribution is -0.274. The van der Waals surface area contributed by atoms with Gasteiger partial charge in [-0.05, 0) is 80.0 Å². The highest BCUT2D eigenvalue weighted by molar-refractivity contribution is 7.91. The number of hydrogen-bond acceptors (Lipinski definition) is 6. The molecule has 1 atom stereocenters. The number of halogens is 3. The van der Waals surface area contributed by atoms with Crippen molar-refractivity contribution in [2.45, 2.75) is 64.4 Å². The van der Waals surface area contributed by atoms with Gasteiger partial charge in [-0.25, -0.2) is 13.4 Å². The summed E-state index contributed by atoms with van der Waals surface area (Å²) in [4.78, 5) is 18.0. The zero-order valence-electron chi connectivity index (χ0n) is 22.9. The standard InChI is InChI=1S/C29H33F3N4O4S/c1-18-14-22(17-28(2,3)16-18)36-25-15-19(26(37)33-21-10-12-41(38,39)13-11-21)4-9-24(25)35-27(36)34-20-5-7-23(8-6-20)40-29(30,31)32/h4-9,15,21-22H,1,10-14,16-17H2,2-3H3,(H,33,37)(H,34,35)/t22-/m1/s1. The van der Waals surface area contributed by atoms with Crippen molar-refractivity contribution in [3.05, 3.63) is 60.2 Å². The third-order valence-corrected chi connectivity index (χ3v) is 9.31. The molecule has 1 aromatic heterocycles. The number of anilines is 2. The molecule has 1 aliphatic heterocycles. The van der Waals surface area contributed by atoms with Gasteiger partial charge in [0, 0.05) is 23.3 Å². The summed E-state index contributed by atoms with van der Waals surface area (Å²) in [7, 11) is -3.04. The molecule has 2 fully saturated rings. The molecule has 0 bridgehead atoms. The summed E-state index contributed by atoms with van der Waals surface area (Å²) in [6.45, 7) is 8.62. The van der Waals surface area contributed by atoms with Crippen LogP contribution in [-0.4, -0.2) is 47.8 Å². The maximum absolute atomic E-state index is 13.2. The average Bonchev–Trinajstić information content (AvgIpc) is 3.21. The van der Waals surface area contributed by atoms with E-state index in [0.29, 0.717) is 35.6 Å². The number of allylic oxidation sites excluding steroid dienone is 1. The fourth-order valence-electron chi connectivity index (χ4n) is 5.91. The Kier molecular flexibility index (Phi) is 7.56. The fourth-order valence-corrected chi connectivity index (χ4v) is 7.40. The number of aromatic nitrogens is 2. The van der Waals surface area contributed by atoms with Crippen molar-refractivity contribution in [1.29, 1.82) is 0 Å². The molecule has 0 radical (unpaired) electrons. The van der Waals surface area contributed by atoms with Crippen LogP contribution in [0.5, 0.6) is 5.75 Å². The van der Waals surface area contributed by atoms with E-state index < -0.39 is 16.2 Å². The molecule has 2 aromatic carbocycles. The minimum Gasteiger partial charge on any atom is -0.406 e. The van der Waals surface area contributed by atoms with Gasteiger partial charge in [-0.3, -0.25) is 4.79 Å². The van der Waals surface area contributed by atoms with Gasteiger partial charge in [-0.1, -0.05) is 26.0 Å². The number of rotatable bonds is 6. The van der Waals surface area contributed by atoms with Crippen LogP contribution in [0, 0.1) is 5.41 Å². The van der Waals surface area contributed by atoms with E-state index in [-0.39, 0.29) is 40.7 Å². The quantitative estimate of drug-likeness (QED) is 0.327. The van der Waals surface area contributed by atoms with Crippen LogP contribution in [0.2, 0.25) is 0 Å². The Bertz CT molecular complexity index is 1570. The Morgan fingerprint density at radius 3 is 2.44 bits per heavy atom. The zero-order chi connectivity index (χ0) is 29.6. The van der Waals surface area contributed by atoms with Crippen LogP contribution in [0.1, 0.15) is 62.4 Å². The first-order chi connectivity index (χ1) is 19.2. The number of sulfone groups is 1. The highest BCUT2D eigenvalue weighted by Gasteiger charge is 2.34.